The summed E-state index contributed by atoms with van der Waals surface area (Å²) in [6.45, 7) is 2.12. The second-order valence-electron chi connectivity index (χ2n) is 5.25. The summed E-state index contributed by atoms with van der Waals surface area (Å²) in [7, 11) is 1.98. The molecule has 2 aromatic rings. The van der Waals surface area contributed by atoms with E-state index in [9.17, 15) is 9.90 Å². The molecule has 1 aliphatic rings. The van der Waals surface area contributed by atoms with Gasteiger partial charge in [0.15, 0.2) is 0 Å². The third-order valence-corrected chi connectivity index (χ3v) is 4.14. The summed E-state index contributed by atoms with van der Waals surface area (Å²) in [5, 5.41) is 10.6. The summed E-state index contributed by atoms with van der Waals surface area (Å²) in [5.41, 5.74) is 2.75. The summed E-state index contributed by atoms with van der Waals surface area (Å²) in [5.74, 6) is -0.683. The number of carbonyl (C=O) groups is 1. The predicted molar refractivity (Wildman–Crippen MR) is 70.8 cm³/mol. The number of nitrogens with zero attached hydrogens (tertiary/aromatic N) is 1. The van der Waals surface area contributed by atoms with E-state index in [1.807, 2.05) is 17.8 Å². The van der Waals surface area contributed by atoms with Crippen molar-refractivity contribution >= 4 is 16.9 Å². The van der Waals surface area contributed by atoms with Crippen LogP contribution in [0.15, 0.2) is 24.4 Å². The van der Waals surface area contributed by atoms with E-state index in [-0.39, 0.29) is 0 Å². The van der Waals surface area contributed by atoms with Crippen LogP contribution in [0.5, 0.6) is 0 Å². The third-order valence-electron chi connectivity index (χ3n) is 4.14. The lowest BCUT2D eigenvalue weighted by Crippen LogP contribution is -2.19. The minimum Gasteiger partial charge on any atom is -0.481 e. The fourth-order valence-corrected chi connectivity index (χ4v) is 2.76. The van der Waals surface area contributed by atoms with Crippen LogP contribution in [0.3, 0.4) is 0 Å². The van der Waals surface area contributed by atoms with Crippen molar-refractivity contribution in [3.05, 3.63) is 35.5 Å². The molecule has 0 spiro atoms. The van der Waals surface area contributed by atoms with Crippen LogP contribution < -0.4 is 0 Å². The molecule has 1 heterocycles. The number of benzene rings is 1. The molecule has 3 heteroatoms. The van der Waals surface area contributed by atoms with Crippen molar-refractivity contribution in [2.45, 2.75) is 31.6 Å². The maximum absolute atomic E-state index is 11.5. The molecule has 94 valence electrons. The van der Waals surface area contributed by atoms with E-state index >= 15 is 0 Å². The lowest BCUT2D eigenvalue weighted by Gasteiger charge is -2.08. The van der Waals surface area contributed by atoms with Gasteiger partial charge in [-0.3, -0.25) is 4.79 Å². The molecule has 0 aliphatic heterocycles. The number of hydrogen-bond donors (Lipinski definition) is 1. The van der Waals surface area contributed by atoms with Gasteiger partial charge >= 0.3 is 5.97 Å². The topological polar surface area (TPSA) is 42.2 Å². The minimum absolute atomic E-state index is 0.619. The van der Waals surface area contributed by atoms with Crippen LogP contribution >= 0.6 is 0 Å². The van der Waals surface area contributed by atoms with Crippen molar-refractivity contribution in [1.29, 1.82) is 0 Å². The number of aromatic nitrogens is 1. The Morgan fingerprint density at radius 3 is 2.72 bits per heavy atom. The molecule has 1 aromatic carbocycles. The number of aryl methyl sites for hydroxylation is 2. The highest BCUT2D eigenvalue weighted by Crippen LogP contribution is 2.51. The van der Waals surface area contributed by atoms with Crippen molar-refractivity contribution < 1.29 is 9.90 Å². The summed E-state index contributed by atoms with van der Waals surface area (Å²) < 4.78 is 2.03. The molecule has 1 saturated carbocycles. The van der Waals surface area contributed by atoms with Crippen LogP contribution in [-0.2, 0) is 23.7 Å². The fraction of sp³-hybridized carbons (Fsp3) is 0.400. The number of rotatable bonds is 3. The molecule has 3 nitrogen and oxygen atoms in total. The lowest BCUT2D eigenvalue weighted by atomic mass is 9.95. The number of carboxylic acids is 1. The van der Waals surface area contributed by atoms with Gasteiger partial charge in [-0.1, -0.05) is 13.0 Å². The van der Waals surface area contributed by atoms with E-state index < -0.39 is 11.4 Å². The predicted octanol–water partition coefficient (Wildman–Crippen LogP) is 2.86. The number of hydrogen-bond acceptors (Lipinski definition) is 1. The first-order chi connectivity index (χ1) is 8.58. The first-order valence-corrected chi connectivity index (χ1v) is 6.40. The maximum atomic E-state index is 11.5. The van der Waals surface area contributed by atoms with Gasteiger partial charge in [-0.05, 0) is 42.5 Å². The van der Waals surface area contributed by atoms with Gasteiger partial charge in [0.2, 0.25) is 0 Å². The zero-order chi connectivity index (χ0) is 12.9. The number of aliphatic carboxylic acids is 1. The van der Waals surface area contributed by atoms with E-state index in [1.165, 1.54) is 5.56 Å². The molecule has 3 rings (SSSR count). The normalized spacial score (nSPS) is 17.0. The van der Waals surface area contributed by atoms with Gasteiger partial charge in [0.1, 0.15) is 0 Å². The van der Waals surface area contributed by atoms with Crippen molar-refractivity contribution in [3.63, 3.8) is 0 Å². The van der Waals surface area contributed by atoms with Crippen LogP contribution in [-0.4, -0.2) is 15.6 Å². The Kier molecular flexibility index (Phi) is 2.27. The molecule has 18 heavy (non-hydrogen) atoms. The maximum Gasteiger partial charge on any atom is 0.314 e. The highest BCUT2D eigenvalue weighted by molar-refractivity contribution is 5.94. The lowest BCUT2D eigenvalue weighted by molar-refractivity contribution is -0.140. The van der Waals surface area contributed by atoms with Crippen molar-refractivity contribution in [3.8, 4) is 0 Å². The van der Waals surface area contributed by atoms with Gasteiger partial charge < -0.3 is 9.67 Å². The Balaban J connectivity index is 2.26. The minimum atomic E-state index is -0.683. The quantitative estimate of drug-likeness (QED) is 0.900. The number of carboxylic acid groups (broad SMARTS) is 1. The standard InChI is InChI=1S/C15H17NO2/c1-3-10-4-5-13-11(8-10)12(9-16(13)2)15(6-7-15)14(17)18/h4-5,8-9H,3,6-7H2,1-2H3,(H,17,18). The molecule has 0 saturated heterocycles. The molecule has 1 aromatic heterocycles. The van der Waals surface area contributed by atoms with Crippen molar-refractivity contribution in [2.24, 2.45) is 7.05 Å². The Morgan fingerprint density at radius 2 is 2.17 bits per heavy atom. The molecule has 1 aliphatic carbocycles. The van der Waals surface area contributed by atoms with Crippen molar-refractivity contribution in [1.82, 2.24) is 4.57 Å². The molecule has 1 fully saturated rings. The van der Waals surface area contributed by atoms with Gasteiger partial charge in [0, 0.05) is 24.1 Å². The Hall–Kier alpha value is -1.77. The van der Waals surface area contributed by atoms with Crippen LogP contribution in [0.2, 0.25) is 0 Å². The van der Waals surface area contributed by atoms with Gasteiger partial charge in [0.25, 0.3) is 0 Å². The summed E-state index contributed by atoms with van der Waals surface area (Å²) in [6, 6.07) is 6.36. The highest BCUT2D eigenvalue weighted by Gasteiger charge is 2.53. The van der Waals surface area contributed by atoms with E-state index in [1.54, 1.807) is 0 Å². The average molecular weight is 243 g/mol. The first-order valence-electron chi connectivity index (χ1n) is 6.40. The Morgan fingerprint density at radius 1 is 1.44 bits per heavy atom. The van der Waals surface area contributed by atoms with Gasteiger partial charge in [-0.15, -0.1) is 0 Å². The van der Waals surface area contributed by atoms with Crippen LogP contribution in [0, 0.1) is 0 Å². The van der Waals surface area contributed by atoms with Crippen LogP contribution in [0.4, 0.5) is 0 Å². The van der Waals surface area contributed by atoms with Gasteiger partial charge in [-0.25, -0.2) is 0 Å². The Labute approximate surface area is 106 Å². The zero-order valence-electron chi connectivity index (χ0n) is 10.7. The van der Waals surface area contributed by atoms with Crippen molar-refractivity contribution in [2.75, 3.05) is 0 Å². The molecular weight excluding hydrogens is 226 g/mol. The SMILES string of the molecule is CCc1ccc2c(c1)c(C1(C(=O)O)CC1)cn2C. The van der Waals surface area contributed by atoms with E-state index in [0.29, 0.717) is 0 Å². The van der Waals surface area contributed by atoms with E-state index in [4.69, 9.17) is 0 Å². The molecule has 0 radical (unpaired) electrons. The molecule has 0 unspecified atom stereocenters. The first kappa shape index (κ1) is 11.3. The molecule has 0 bridgehead atoms. The monoisotopic (exact) mass is 243 g/mol. The van der Waals surface area contributed by atoms with Crippen LogP contribution in [0.25, 0.3) is 10.9 Å². The largest absolute Gasteiger partial charge is 0.481 e. The van der Waals surface area contributed by atoms with Gasteiger partial charge in [-0.2, -0.15) is 0 Å². The molecule has 1 N–H and O–H groups in total. The average Bonchev–Trinajstić information content (AvgIpc) is 3.11. The molecular formula is C15H17NO2. The molecule has 0 amide bonds. The van der Waals surface area contributed by atoms with Crippen LogP contribution in [0.1, 0.15) is 30.9 Å². The number of fused-ring (bicyclic) bond motifs is 1. The Bertz CT molecular complexity index is 635. The fourth-order valence-electron chi connectivity index (χ4n) is 2.76. The molecule has 0 atom stereocenters. The smallest absolute Gasteiger partial charge is 0.314 e. The second-order valence-corrected chi connectivity index (χ2v) is 5.25. The summed E-state index contributed by atoms with van der Waals surface area (Å²) in [6.07, 6.45) is 4.49. The van der Waals surface area contributed by atoms with E-state index in [2.05, 4.69) is 25.1 Å². The highest BCUT2D eigenvalue weighted by atomic mass is 16.4. The zero-order valence-corrected chi connectivity index (χ0v) is 10.7. The summed E-state index contributed by atoms with van der Waals surface area (Å²) >= 11 is 0. The summed E-state index contributed by atoms with van der Waals surface area (Å²) in [4.78, 5) is 11.5. The third kappa shape index (κ3) is 1.40. The van der Waals surface area contributed by atoms with Gasteiger partial charge in [0.05, 0.1) is 5.41 Å². The second kappa shape index (κ2) is 3.61. The van der Waals surface area contributed by atoms with E-state index in [0.717, 1.165) is 35.7 Å².